The molecule has 3 rings (SSSR count). The van der Waals surface area contributed by atoms with E-state index in [1.165, 1.54) is 0 Å². The number of carbonyl (C=O) groups is 1. The van der Waals surface area contributed by atoms with Gasteiger partial charge in [-0.05, 0) is 31.3 Å². The zero-order valence-corrected chi connectivity index (χ0v) is 17.2. The van der Waals surface area contributed by atoms with Crippen molar-refractivity contribution in [3.05, 3.63) is 29.3 Å². The normalized spacial score (nSPS) is 20.8. The molecule has 0 bridgehead atoms. The number of morpholine rings is 1. The summed E-state index contributed by atoms with van der Waals surface area (Å²) in [7, 11) is 2.05. The van der Waals surface area contributed by atoms with E-state index in [2.05, 4.69) is 9.80 Å². The fraction of sp³-hybridized carbons (Fsp3) is 0.588. The summed E-state index contributed by atoms with van der Waals surface area (Å²) < 4.78 is 11.0. The number of rotatable bonds is 3. The predicted octanol–water partition coefficient (Wildman–Crippen LogP) is 2.77. The molecule has 0 aromatic heterocycles. The average molecular weight is 427 g/mol. The van der Waals surface area contributed by atoms with Crippen LogP contribution in [0.2, 0.25) is 5.02 Å². The Labute approximate surface area is 172 Å². The van der Waals surface area contributed by atoms with Crippen molar-refractivity contribution in [2.75, 3.05) is 64.4 Å². The molecule has 1 aromatic carbocycles. The molecule has 1 amide bonds. The Bertz CT molecular complexity index is 554. The van der Waals surface area contributed by atoms with Gasteiger partial charge >= 0.3 is 6.09 Å². The van der Waals surface area contributed by atoms with Gasteiger partial charge in [0.2, 0.25) is 0 Å². The first kappa shape index (κ1) is 23.1. The number of piperazine rings is 1. The van der Waals surface area contributed by atoms with Crippen LogP contribution in [-0.4, -0.2) is 81.5 Å². The van der Waals surface area contributed by atoms with Crippen LogP contribution in [0.1, 0.15) is 0 Å². The first-order chi connectivity index (χ1) is 11.6. The van der Waals surface area contributed by atoms with Crippen molar-refractivity contribution in [2.45, 2.75) is 6.10 Å². The molecule has 0 radical (unpaired) electrons. The summed E-state index contributed by atoms with van der Waals surface area (Å²) in [4.78, 5) is 18.4. The molecule has 2 aliphatic heterocycles. The lowest BCUT2D eigenvalue weighted by Gasteiger charge is -2.36. The number of benzene rings is 1. The number of ether oxygens (including phenoxy) is 2. The van der Waals surface area contributed by atoms with E-state index < -0.39 is 0 Å². The smallest absolute Gasteiger partial charge is 0.409 e. The van der Waals surface area contributed by atoms with E-state index in [0.29, 0.717) is 26.3 Å². The minimum atomic E-state index is -0.248. The van der Waals surface area contributed by atoms with Crippen LogP contribution in [0.25, 0.3) is 0 Å². The topological polar surface area (TPSA) is 45.3 Å². The predicted molar refractivity (Wildman–Crippen MR) is 108 cm³/mol. The van der Waals surface area contributed by atoms with Crippen molar-refractivity contribution in [3.63, 3.8) is 0 Å². The molecule has 26 heavy (non-hydrogen) atoms. The fourth-order valence-corrected chi connectivity index (χ4v) is 3.15. The molecule has 148 valence electrons. The standard InChI is InChI=1S/C17H24ClN3O3.2ClH/c1-19-10-11-23-16(12-19)13-24-17(22)21-8-6-20(7-9-21)15-4-2-14(18)3-5-15;;/h2-5,16H,6-13H2,1H3;2*1H. The van der Waals surface area contributed by atoms with Crippen molar-refractivity contribution >= 4 is 48.2 Å². The van der Waals surface area contributed by atoms with E-state index >= 15 is 0 Å². The molecule has 2 fully saturated rings. The van der Waals surface area contributed by atoms with Gasteiger partial charge in [-0.2, -0.15) is 0 Å². The van der Waals surface area contributed by atoms with Gasteiger partial charge in [0.05, 0.1) is 6.61 Å². The van der Waals surface area contributed by atoms with Gasteiger partial charge in [-0.25, -0.2) is 4.79 Å². The van der Waals surface area contributed by atoms with Crippen molar-refractivity contribution in [2.24, 2.45) is 0 Å². The number of halogens is 3. The molecule has 0 N–H and O–H groups in total. The van der Waals surface area contributed by atoms with Crippen LogP contribution in [0.3, 0.4) is 0 Å². The van der Waals surface area contributed by atoms with Gasteiger partial charge in [-0.15, -0.1) is 24.8 Å². The summed E-state index contributed by atoms with van der Waals surface area (Å²) in [5.41, 5.74) is 1.13. The first-order valence-corrected chi connectivity index (χ1v) is 8.72. The van der Waals surface area contributed by atoms with E-state index in [-0.39, 0.29) is 37.0 Å². The molecule has 2 heterocycles. The summed E-state index contributed by atoms with van der Waals surface area (Å²) in [6.45, 7) is 5.65. The second kappa shape index (κ2) is 11.0. The maximum absolute atomic E-state index is 12.2. The van der Waals surface area contributed by atoms with Crippen LogP contribution >= 0.6 is 36.4 Å². The Morgan fingerprint density at radius 2 is 1.81 bits per heavy atom. The van der Waals surface area contributed by atoms with Gasteiger partial charge in [-0.1, -0.05) is 11.6 Å². The molecule has 2 aliphatic rings. The Morgan fingerprint density at radius 1 is 1.15 bits per heavy atom. The Hall–Kier alpha value is -0.920. The largest absolute Gasteiger partial charge is 0.447 e. The van der Waals surface area contributed by atoms with Crippen LogP contribution in [-0.2, 0) is 9.47 Å². The van der Waals surface area contributed by atoms with Crippen molar-refractivity contribution in [1.82, 2.24) is 9.80 Å². The molecular weight excluding hydrogens is 401 g/mol. The molecule has 0 saturated carbocycles. The third kappa shape index (κ3) is 6.35. The van der Waals surface area contributed by atoms with Gasteiger partial charge < -0.3 is 24.2 Å². The third-order valence-electron chi connectivity index (χ3n) is 4.46. The Morgan fingerprint density at radius 3 is 2.42 bits per heavy atom. The summed E-state index contributed by atoms with van der Waals surface area (Å²) in [6, 6.07) is 7.79. The summed E-state index contributed by atoms with van der Waals surface area (Å²) in [6.07, 6.45) is -0.273. The number of carbonyl (C=O) groups excluding carboxylic acids is 1. The van der Waals surface area contributed by atoms with E-state index in [4.69, 9.17) is 21.1 Å². The van der Waals surface area contributed by atoms with Gasteiger partial charge in [-0.3, -0.25) is 0 Å². The minimum Gasteiger partial charge on any atom is -0.447 e. The zero-order chi connectivity index (χ0) is 16.9. The number of hydrogen-bond acceptors (Lipinski definition) is 5. The zero-order valence-electron chi connectivity index (χ0n) is 14.8. The molecule has 1 unspecified atom stereocenters. The van der Waals surface area contributed by atoms with Crippen molar-refractivity contribution in [3.8, 4) is 0 Å². The number of amides is 1. The fourth-order valence-electron chi connectivity index (χ4n) is 3.02. The highest BCUT2D eigenvalue weighted by molar-refractivity contribution is 6.30. The average Bonchev–Trinajstić information content (AvgIpc) is 2.61. The summed E-state index contributed by atoms with van der Waals surface area (Å²) in [5, 5.41) is 0.733. The van der Waals surface area contributed by atoms with E-state index in [0.717, 1.165) is 36.9 Å². The van der Waals surface area contributed by atoms with Crippen LogP contribution in [0.4, 0.5) is 10.5 Å². The molecule has 1 atom stereocenters. The molecule has 6 nitrogen and oxygen atoms in total. The highest BCUT2D eigenvalue weighted by atomic mass is 35.5. The van der Waals surface area contributed by atoms with Gasteiger partial charge in [0, 0.05) is 50.0 Å². The van der Waals surface area contributed by atoms with Crippen LogP contribution in [0.5, 0.6) is 0 Å². The Kier molecular flexibility index (Phi) is 9.82. The van der Waals surface area contributed by atoms with Crippen molar-refractivity contribution in [1.29, 1.82) is 0 Å². The number of likely N-dealkylation sites (N-methyl/N-ethyl adjacent to an activating group) is 1. The van der Waals surface area contributed by atoms with Crippen LogP contribution in [0.15, 0.2) is 24.3 Å². The maximum Gasteiger partial charge on any atom is 0.409 e. The van der Waals surface area contributed by atoms with Gasteiger partial charge in [0.1, 0.15) is 12.7 Å². The number of hydrogen-bond donors (Lipinski definition) is 0. The quantitative estimate of drug-likeness (QED) is 0.744. The molecule has 0 spiro atoms. The molecular formula is C17H26Cl3N3O3. The molecule has 9 heteroatoms. The van der Waals surface area contributed by atoms with Gasteiger partial charge in [0.15, 0.2) is 0 Å². The van der Waals surface area contributed by atoms with E-state index in [9.17, 15) is 4.79 Å². The number of anilines is 1. The summed E-state index contributed by atoms with van der Waals surface area (Å²) >= 11 is 5.92. The lowest BCUT2D eigenvalue weighted by Crippen LogP contribution is -2.50. The second-order valence-electron chi connectivity index (χ2n) is 6.28. The van der Waals surface area contributed by atoms with E-state index in [1.54, 1.807) is 4.90 Å². The van der Waals surface area contributed by atoms with Crippen LogP contribution < -0.4 is 4.90 Å². The molecule has 0 aliphatic carbocycles. The van der Waals surface area contributed by atoms with Crippen molar-refractivity contribution < 1.29 is 14.3 Å². The minimum absolute atomic E-state index is 0. The third-order valence-corrected chi connectivity index (χ3v) is 4.72. The molecule has 2 saturated heterocycles. The second-order valence-corrected chi connectivity index (χ2v) is 6.72. The highest BCUT2D eigenvalue weighted by Gasteiger charge is 2.24. The van der Waals surface area contributed by atoms with Gasteiger partial charge in [0.25, 0.3) is 0 Å². The lowest BCUT2D eigenvalue weighted by atomic mass is 10.2. The molecule has 1 aromatic rings. The van der Waals surface area contributed by atoms with Crippen LogP contribution in [0, 0.1) is 0 Å². The highest BCUT2D eigenvalue weighted by Crippen LogP contribution is 2.19. The van der Waals surface area contributed by atoms with E-state index in [1.807, 2.05) is 31.3 Å². The monoisotopic (exact) mass is 425 g/mol. The maximum atomic E-state index is 12.2. The summed E-state index contributed by atoms with van der Waals surface area (Å²) in [5.74, 6) is 0. The number of nitrogens with zero attached hydrogens (tertiary/aromatic N) is 3. The Balaban J connectivity index is 0.00000169. The first-order valence-electron chi connectivity index (χ1n) is 8.34. The lowest BCUT2D eigenvalue weighted by molar-refractivity contribution is -0.0523. The SMILES string of the molecule is CN1CCOC(COC(=O)N2CCN(c3ccc(Cl)cc3)CC2)C1.Cl.Cl.